The van der Waals surface area contributed by atoms with Crippen LogP contribution in [0.15, 0.2) is 22.7 Å². The zero-order chi connectivity index (χ0) is 14.9. The molecule has 2 rings (SSSR count). The van der Waals surface area contributed by atoms with Crippen LogP contribution in [0.3, 0.4) is 0 Å². The van der Waals surface area contributed by atoms with E-state index in [0.29, 0.717) is 18.0 Å². The van der Waals surface area contributed by atoms with E-state index in [1.165, 1.54) is 0 Å². The van der Waals surface area contributed by atoms with Gasteiger partial charge < -0.3 is 10.2 Å². The maximum atomic E-state index is 12.7. The van der Waals surface area contributed by atoms with Crippen LogP contribution >= 0.6 is 27.5 Å². The predicted molar refractivity (Wildman–Crippen MR) is 83.0 cm³/mol. The number of hydrogen-bond donors (Lipinski definition) is 1. The monoisotopic (exact) mass is 358 g/mol. The SMILES string of the molecule is CCC1(C)NC(=O)CCN(c2ccc(Cl)cc2Br)C1=O. The fourth-order valence-corrected chi connectivity index (χ4v) is 3.10. The van der Waals surface area contributed by atoms with Gasteiger partial charge in [0, 0.05) is 22.5 Å². The minimum atomic E-state index is -0.868. The molecule has 1 atom stereocenters. The maximum absolute atomic E-state index is 12.7. The smallest absolute Gasteiger partial charge is 0.252 e. The lowest BCUT2D eigenvalue weighted by Gasteiger charge is -2.31. The molecule has 1 aromatic rings. The average molecular weight is 360 g/mol. The van der Waals surface area contributed by atoms with Crippen LogP contribution in [0, 0.1) is 0 Å². The first-order valence-corrected chi connectivity index (χ1v) is 7.62. The molecular weight excluding hydrogens is 344 g/mol. The van der Waals surface area contributed by atoms with Crippen LogP contribution in [0.1, 0.15) is 26.7 Å². The van der Waals surface area contributed by atoms with Gasteiger partial charge in [0.15, 0.2) is 0 Å². The van der Waals surface area contributed by atoms with Crippen molar-refractivity contribution in [2.75, 3.05) is 11.4 Å². The fraction of sp³-hybridized carbons (Fsp3) is 0.429. The number of hydrogen-bond acceptors (Lipinski definition) is 2. The second kappa shape index (κ2) is 5.74. The predicted octanol–water partition coefficient (Wildman–Crippen LogP) is 3.12. The molecule has 0 aliphatic carbocycles. The Morgan fingerprint density at radius 3 is 2.75 bits per heavy atom. The molecule has 1 unspecified atom stereocenters. The maximum Gasteiger partial charge on any atom is 0.252 e. The van der Waals surface area contributed by atoms with Crippen molar-refractivity contribution in [2.24, 2.45) is 0 Å². The first-order chi connectivity index (χ1) is 9.37. The van der Waals surface area contributed by atoms with Gasteiger partial charge >= 0.3 is 0 Å². The molecule has 1 heterocycles. The number of halogens is 2. The second-order valence-electron chi connectivity index (χ2n) is 5.04. The van der Waals surface area contributed by atoms with Gasteiger partial charge in [0.1, 0.15) is 5.54 Å². The van der Waals surface area contributed by atoms with Crippen molar-refractivity contribution < 1.29 is 9.59 Å². The Balaban J connectivity index is 2.44. The molecule has 1 fully saturated rings. The van der Waals surface area contributed by atoms with Gasteiger partial charge in [-0.1, -0.05) is 18.5 Å². The van der Waals surface area contributed by atoms with Gasteiger partial charge in [-0.3, -0.25) is 9.59 Å². The average Bonchev–Trinajstić information content (AvgIpc) is 2.50. The molecule has 0 radical (unpaired) electrons. The van der Waals surface area contributed by atoms with Crippen LogP contribution in [0.5, 0.6) is 0 Å². The Labute approximate surface area is 131 Å². The first kappa shape index (κ1) is 15.3. The minimum Gasteiger partial charge on any atom is -0.342 e. The number of nitrogens with one attached hydrogen (secondary N) is 1. The van der Waals surface area contributed by atoms with E-state index >= 15 is 0 Å². The third kappa shape index (κ3) is 2.83. The van der Waals surface area contributed by atoms with Crippen LogP contribution in [0.4, 0.5) is 5.69 Å². The molecule has 0 aromatic heterocycles. The van der Waals surface area contributed by atoms with Crippen LogP contribution in [0.25, 0.3) is 0 Å². The summed E-state index contributed by atoms with van der Waals surface area (Å²) in [6.45, 7) is 4.01. The summed E-state index contributed by atoms with van der Waals surface area (Å²) in [6, 6.07) is 5.27. The molecule has 1 aliphatic rings. The molecule has 1 saturated heterocycles. The van der Waals surface area contributed by atoms with Crippen molar-refractivity contribution in [1.29, 1.82) is 0 Å². The van der Waals surface area contributed by atoms with Crippen molar-refractivity contribution in [3.8, 4) is 0 Å². The Morgan fingerprint density at radius 1 is 1.45 bits per heavy atom. The van der Waals surface area contributed by atoms with E-state index in [4.69, 9.17) is 11.6 Å². The van der Waals surface area contributed by atoms with Crippen molar-refractivity contribution in [1.82, 2.24) is 5.32 Å². The van der Waals surface area contributed by atoms with E-state index in [9.17, 15) is 9.59 Å². The van der Waals surface area contributed by atoms with Gasteiger partial charge in [-0.2, -0.15) is 0 Å². The number of benzene rings is 1. The van der Waals surface area contributed by atoms with Crippen molar-refractivity contribution in [3.63, 3.8) is 0 Å². The summed E-state index contributed by atoms with van der Waals surface area (Å²) in [7, 11) is 0. The normalized spacial score (nSPS) is 23.5. The minimum absolute atomic E-state index is 0.102. The van der Waals surface area contributed by atoms with Crippen molar-refractivity contribution in [2.45, 2.75) is 32.2 Å². The Hall–Kier alpha value is -1.07. The summed E-state index contributed by atoms with van der Waals surface area (Å²) in [5.74, 6) is -0.204. The molecular formula is C14H16BrClN2O2. The molecule has 108 valence electrons. The van der Waals surface area contributed by atoms with Gasteiger partial charge in [-0.05, 0) is 47.5 Å². The van der Waals surface area contributed by atoms with E-state index < -0.39 is 5.54 Å². The van der Waals surface area contributed by atoms with Gasteiger partial charge in [0.25, 0.3) is 5.91 Å². The number of carbonyl (C=O) groups excluding carboxylic acids is 2. The van der Waals surface area contributed by atoms with E-state index in [-0.39, 0.29) is 18.2 Å². The van der Waals surface area contributed by atoms with Gasteiger partial charge in [0.05, 0.1) is 5.69 Å². The number of nitrogens with zero attached hydrogens (tertiary/aromatic N) is 1. The molecule has 1 aliphatic heterocycles. The molecule has 2 amide bonds. The first-order valence-electron chi connectivity index (χ1n) is 6.45. The number of rotatable bonds is 2. The van der Waals surface area contributed by atoms with Gasteiger partial charge in [0.2, 0.25) is 5.91 Å². The van der Waals surface area contributed by atoms with Crippen molar-refractivity contribution in [3.05, 3.63) is 27.7 Å². The molecule has 0 bridgehead atoms. The molecule has 20 heavy (non-hydrogen) atoms. The summed E-state index contributed by atoms with van der Waals surface area (Å²) in [4.78, 5) is 26.2. The zero-order valence-electron chi connectivity index (χ0n) is 11.4. The molecule has 0 saturated carbocycles. The Kier molecular flexibility index (Phi) is 4.39. The lowest BCUT2D eigenvalue weighted by Crippen LogP contribution is -2.54. The molecule has 0 spiro atoms. The highest BCUT2D eigenvalue weighted by Gasteiger charge is 2.40. The van der Waals surface area contributed by atoms with E-state index in [2.05, 4.69) is 21.2 Å². The Bertz CT molecular complexity index is 564. The molecule has 1 aromatic carbocycles. The van der Waals surface area contributed by atoms with Crippen molar-refractivity contribution >= 4 is 45.0 Å². The van der Waals surface area contributed by atoms with Gasteiger partial charge in [-0.25, -0.2) is 0 Å². The summed E-state index contributed by atoms with van der Waals surface area (Å²) in [5.41, 5.74) is -0.136. The summed E-state index contributed by atoms with van der Waals surface area (Å²) >= 11 is 9.36. The van der Waals surface area contributed by atoms with Crippen LogP contribution in [-0.2, 0) is 9.59 Å². The third-order valence-corrected chi connectivity index (χ3v) is 4.47. The summed E-state index contributed by atoms with van der Waals surface area (Å²) in [5, 5.41) is 3.41. The Morgan fingerprint density at radius 2 is 2.15 bits per heavy atom. The van der Waals surface area contributed by atoms with Gasteiger partial charge in [-0.15, -0.1) is 0 Å². The molecule has 1 N–H and O–H groups in total. The number of amides is 2. The van der Waals surface area contributed by atoms with Crippen LogP contribution in [0.2, 0.25) is 5.02 Å². The molecule has 6 heteroatoms. The summed E-state index contributed by atoms with van der Waals surface area (Å²) in [6.07, 6.45) is 0.829. The third-order valence-electron chi connectivity index (χ3n) is 3.60. The topological polar surface area (TPSA) is 49.4 Å². The highest BCUT2D eigenvalue weighted by atomic mass is 79.9. The zero-order valence-corrected chi connectivity index (χ0v) is 13.7. The summed E-state index contributed by atoms with van der Waals surface area (Å²) < 4.78 is 0.742. The highest BCUT2D eigenvalue weighted by molar-refractivity contribution is 9.10. The number of carbonyl (C=O) groups is 2. The standard InChI is InChI=1S/C14H16BrClN2O2/c1-3-14(2)13(20)18(7-6-12(19)17-14)11-5-4-9(16)8-10(11)15/h4-5,8H,3,6-7H2,1-2H3,(H,17,19). The largest absolute Gasteiger partial charge is 0.342 e. The molecule has 4 nitrogen and oxygen atoms in total. The van der Waals surface area contributed by atoms with E-state index in [1.807, 2.05) is 6.92 Å². The highest BCUT2D eigenvalue weighted by Crippen LogP contribution is 2.32. The van der Waals surface area contributed by atoms with Crippen LogP contribution in [-0.4, -0.2) is 23.9 Å². The van der Waals surface area contributed by atoms with Crippen LogP contribution < -0.4 is 10.2 Å². The van der Waals surface area contributed by atoms with E-state index in [1.54, 1.807) is 30.0 Å². The second-order valence-corrected chi connectivity index (χ2v) is 6.33. The quantitative estimate of drug-likeness (QED) is 0.882. The number of anilines is 1. The lowest BCUT2D eigenvalue weighted by atomic mass is 9.97. The lowest BCUT2D eigenvalue weighted by molar-refractivity contribution is -0.129. The fourth-order valence-electron chi connectivity index (χ4n) is 2.21. The van der Waals surface area contributed by atoms with E-state index in [0.717, 1.165) is 10.2 Å².